The van der Waals surface area contributed by atoms with Gasteiger partial charge >= 0.3 is 5.97 Å². The number of benzene rings is 2. The lowest BCUT2D eigenvalue weighted by molar-refractivity contribution is -0.136. The topological polar surface area (TPSA) is 55.8 Å². The fraction of sp³-hybridized carbons (Fsp3) is 0.143. The molecular weight excluding hydrogens is 410 g/mol. The minimum Gasteiger partial charge on any atom is -0.496 e. The van der Waals surface area contributed by atoms with Crippen LogP contribution in [0.5, 0.6) is 5.75 Å². The minimum atomic E-state index is -0.554. The number of ether oxygens (including phenoxy) is 2. The van der Waals surface area contributed by atoms with Gasteiger partial charge in [0.2, 0.25) is 0 Å². The number of anilines is 1. The first-order valence-corrected chi connectivity index (χ1v) is 9.01. The lowest BCUT2D eigenvalue weighted by atomic mass is 10.0. The lowest BCUT2D eigenvalue weighted by Gasteiger charge is -2.18. The van der Waals surface area contributed by atoms with Crippen molar-refractivity contribution in [3.05, 3.63) is 75.4 Å². The van der Waals surface area contributed by atoms with Crippen LogP contribution < -0.4 is 9.64 Å². The first-order valence-electron chi connectivity index (χ1n) is 8.22. The molecule has 2 aromatic carbocycles. The summed E-state index contributed by atoms with van der Waals surface area (Å²) in [5, 5.41) is 0. The lowest BCUT2D eigenvalue weighted by Crippen LogP contribution is -2.24. The van der Waals surface area contributed by atoms with Gasteiger partial charge in [-0.1, -0.05) is 34.1 Å². The molecule has 0 aliphatic carbocycles. The number of hydrogen-bond acceptors (Lipinski definition) is 4. The molecule has 0 atom stereocenters. The summed E-state index contributed by atoms with van der Waals surface area (Å²) in [6, 6.07) is 14.6. The van der Waals surface area contributed by atoms with Crippen molar-refractivity contribution >= 4 is 39.6 Å². The third kappa shape index (κ3) is 3.53. The molecule has 0 saturated heterocycles. The predicted molar refractivity (Wildman–Crippen MR) is 107 cm³/mol. The molecule has 0 bridgehead atoms. The quantitative estimate of drug-likeness (QED) is 0.537. The Morgan fingerprint density at radius 3 is 2.37 bits per heavy atom. The Balaban J connectivity index is 2.16. The van der Waals surface area contributed by atoms with Gasteiger partial charge in [0, 0.05) is 21.4 Å². The van der Waals surface area contributed by atoms with E-state index in [1.54, 1.807) is 26.2 Å². The SMILES string of the molecule is COC(=O)C1=C(C)N(c2ccc(Br)cc2)C(=O)/C1=C\c1ccccc1OC. The van der Waals surface area contributed by atoms with Gasteiger partial charge in [-0.05, 0) is 43.3 Å². The summed E-state index contributed by atoms with van der Waals surface area (Å²) in [6.45, 7) is 1.73. The van der Waals surface area contributed by atoms with E-state index in [2.05, 4.69) is 15.9 Å². The maximum atomic E-state index is 13.2. The van der Waals surface area contributed by atoms with Gasteiger partial charge in [0.05, 0.1) is 25.4 Å². The Morgan fingerprint density at radius 2 is 1.74 bits per heavy atom. The van der Waals surface area contributed by atoms with Crippen molar-refractivity contribution in [2.75, 3.05) is 19.1 Å². The fourth-order valence-corrected chi connectivity index (χ4v) is 3.29. The Morgan fingerprint density at radius 1 is 1.07 bits per heavy atom. The number of esters is 1. The van der Waals surface area contributed by atoms with Crippen LogP contribution in [0.15, 0.2) is 69.8 Å². The number of amides is 1. The van der Waals surface area contributed by atoms with Crippen LogP contribution in [0.4, 0.5) is 5.69 Å². The summed E-state index contributed by atoms with van der Waals surface area (Å²) in [5.74, 6) is -0.232. The van der Waals surface area contributed by atoms with E-state index in [1.165, 1.54) is 12.0 Å². The van der Waals surface area contributed by atoms with Gasteiger partial charge in [-0.25, -0.2) is 4.79 Å². The zero-order valence-electron chi connectivity index (χ0n) is 15.2. The molecule has 1 heterocycles. The second-order valence-corrected chi connectivity index (χ2v) is 6.78. The normalized spacial score (nSPS) is 15.5. The summed E-state index contributed by atoms with van der Waals surface area (Å²) in [7, 11) is 2.86. The molecule has 1 amide bonds. The van der Waals surface area contributed by atoms with Crippen LogP contribution in [0.1, 0.15) is 12.5 Å². The summed E-state index contributed by atoms with van der Waals surface area (Å²) >= 11 is 3.39. The highest BCUT2D eigenvalue weighted by atomic mass is 79.9. The van der Waals surface area contributed by atoms with E-state index in [0.29, 0.717) is 22.7 Å². The maximum absolute atomic E-state index is 13.2. The standard InChI is InChI=1S/C21H18BrNO4/c1-13-19(21(25)27-3)17(12-14-6-4-5-7-18(14)26-2)20(24)23(13)16-10-8-15(22)9-11-16/h4-12H,1-3H3/b17-12-. The highest BCUT2D eigenvalue weighted by Crippen LogP contribution is 2.36. The number of carbonyl (C=O) groups is 2. The molecule has 0 saturated carbocycles. The zero-order chi connectivity index (χ0) is 19.6. The van der Waals surface area contributed by atoms with E-state index in [-0.39, 0.29) is 17.1 Å². The molecule has 0 spiro atoms. The Bertz CT molecular complexity index is 960. The Hall–Kier alpha value is -2.86. The van der Waals surface area contributed by atoms with Crippen LogP contribution in [0.3, 0.4) is 0 Å². The summed E-state index contributed by atoms with van der Waals surface area (Å²) in [6.07, 6.45) is 1.66. The molecule has 0 unspecified atom stereocenters. The Labute approximate surface area is 166 Å². The molecular formula is C21H18BrNO4. The number of nitrogens with zero attached hydrogens (tertiary/aromatic N) is 1. The second kappa shape index (κ2) is 7.80. The summed E-state index contributed by atoms with van der Waals surface area (Å²) in [4.78, 5) is 27.1. The van der Waals surface area contributed by atoms with Crippen LogP contribution >= 0.6 is 15.9 Å². The molecule has 0 radical (unpaired) electrons. The number of rotatable bonds is 4. The number of methoxy groups -OCH3 is 2. The second-order valence-electron chi connectivity index (χ2n) is 5.87. The number of carbonyl (C=O) groups excluding carboxylic acids is 2. The highest BCUT2D eigenvalue weighted by Gasteiger charge is 2.38. The van der Waals surface area contributed by atoms with Crippen molar-refractivity contribution in [2.24, 2.45) is 0 Å². The number of para-hydroxylation sites is 1. The van der Waals surface area contributed by atoms with Gasteiger partial charge in [0.1, 0.15) is 5.75 Å². The molecule has 0 aromatic heterocycles. The van der Waals surface area contributed by atoms with Crippen LogP contribution in [-0.2, 0) is 14.3 Å². The van der Waals surface area contributed by atoms with E-state index >= 15 is 0 Å². The van der Waals surface area contributed by atoms with Crippen LogP contribution in [0.2, 0.25) is 0 Å². The monoisotopic (exact) mass is 427 g/mol. The molecule has 3 rings (SSSR count). The van der Waals surface area contributed by atoms with E-state index < -0.39 is 5.97 Å². The maximum Gasteiger partial charge on any atom is 0.340 e. The van der Waals surface area contributed by atoms with E-state index in [0.717, 1.165) is 4.47 Å². The van der Waals surface area contributed by atoms with Crippen molar-refractivity contribution in [1.82, 2.24) is 0 Å². The van der Waals surface area contributed by atoms with Crippen molar-refractivity contribution in [3.63, 3.8) is 0 Å². The molecule has 138 valence electrons. The smallest absolute Gasteiger partial charge is 0.340 e. The van der Waals surface area contributed by atoms with Gasteiger partial charge in [-0.2, -0.15) is 0 Å². The summed E-state index contributed by atoms with van der Waals surface area (Å²) < 4.78 is 11.2. The van der Waals surface area contributed by atoms with Gasteiger partial charge in [-0.15, -0.1) is 0 Å². The third-order valence-electron chi connectivity index (χ3n) is 4.31. The van der Waals surface area contributed by atoms with E-state index in [1.807, 2.05) is 42.5 Å². The number of allylic oxidation sites excluding steroid dienone is 1. The number of hydrogen-bond donors (Lipinski definition) is 0. The van der Waals surface area contributed by atoms with Crippen molar-refractivity contribution in [3.8, 4) is 5.75 Å². The minimum absolute atomic E-state index is 0.247. The first kappa shape index (κ1) is 18.9. The van der Waals surface area contributed by atoms with Gasteiger partial charge in [0.15, 0.2) is 0 Å². The van der Waals surface area contributed by atoms with Crippen molar-refractivity contribution < 1.29 is 19.1 Å². The molecule has 2 aromatic rings. The molecule has 27 heavy (non-hydrogen) atoms. The van der Waals surface area contributed by atoms with E-state index in [9.17, 15) is 9.59 Å². The third-order valence-corrected chi connectivity index (χ3v) is 4.84. The zero-order valence-corrected chi connectivity index (χ0v) is 16.7. The molecule has 1 aliphatic rings. The van der Waals surface area contributed by atoms with Crippen LogP contribution in [0, 0.1) is 0 Å². The van der Waals surface area contributed by atoms with Gasteiger partial charge < -0.3 is 9.47 Å². The average molecular weight is 428 g/mol. The molecule has 6 heteroatoms. The number of halogens is 1. The van der Waals surface area contributed by atoms with Gasteiger partial charge in [0.25, 0.3) is 5.91 Å². The predicted octanol–water partition coefficient (Wildman–Crippen LogP) is 4.33. The Kier molecular flexibility index (Phi) is 5.46. The highest BCUT2D eigenvalue weighted by molar-refractivity contribution is 9.10. The van der Waals surface area contributed by atoms with Crippen molar-refractivity contribution in [2.45, 2.75) is 6.92 Å². The molecule has 1 aliphatic heterocycles. The molecule has 5 nitrogen and oxygen atoms in total. The van der Waals surface area contributed by atoms with Gasteiger partial charge in [-0.3, -0.25) is 9.69 Å². The largest absolute Gasteiger partial charge is 0.496 e. The summed E-state index contributed by atoms with van der Waals surface area (Å²) in [5.41, 5.74) is 2.42. The van der Waals surface area contributed by atoms with Crippen LogP contribution in [-0.4, -0.2) is 26.1 Å². The molecule has 0 fully saturated rings. The van der Waals surface area contributed by atoms with E-state index in [4.69, 9.17) is 9.47 Å². The average Bonchev–Trinajstić information content (AvgIpc) is 2.92. The molecule has 0 N–H and O–H groups in total. The van der Waals surface area contributed by atoms with Crippen molar-refractivity contribution in [1.29, 1.82) is 0 Å². The first-order chi connectivity index (χ1) is 13.0. The fourth-order valence-electron chi connectivity index (χ4n) is 3.02. The van der Waals surface area contributed by atoms with Crippen LogP contribution in [0.25, 0.3) is 6.08 Å².